The minimum atomic E-state index is -1.48. The van der Waals surface area contributed by atoms with Gasteiger partial charge >= 0.3 is 21.1 Å². The third-order valence-electron chi connectivity index (χ3n) is 3.33. The Morgan fingerprint density at radius 3 is 0.405 bits per heavy atom. The summed E-state index contributed by atoms with van der Waals surface area (Å²) in [5.74, 6) is 0. The largest absolute Gasteiger partial charge is 4.00 e. The van der Waals surface area contributed by atoms with Crippen LogP contribution in [0.1, 0.15) is 0 Å². The van der Waals surface area contributed by atoms with Crippen LogP contribution >= 0.6 is 35.0 Å². The summed E-state index contributed by atoms with van der Waals surface area (Å²) in [5.41, 5.74) is 0. The van der Waals surface area contributed by atoms with Crippen LogP contribution in [0.25, 0.3) is 0 Å². The number of hydrogen-bond acceptors (Lipinski definition) is 8. The molecule has 0 radical (unpaired) electrons. The van der Waals surface area contributed by atoms with Crippen LogP contribution in [-0.2, 0) is 90.5 Å². The van der Waals surface area contributed by atoms with Gasteiger partial charge < -0.3 is 69.5 Å². The average Bonchev–Trinajstić information content (AvgIpc) is 2.61. The molecule has 0 N–H and O–H groups in total. The number of ether oxygens (including phenoxy) is 4. The van der Waals surface area contributed by atoms with Crippen LogP contribution in [0.4, 0.5) is 0 Å². The third kappa shape index (κ3) is 28.7. The van der Waals surface area contributed by atoms with Crippen molar-refractivity contribution < 1.29 is 40.0 Å². The molecule has 37 heavy (non-hydrogen) atoms. The Kier molecular flexibility index (Phi) is 21.5. The van der Waals surface area contributed by atoms with Crippen molar-refractivity contribution in [2.75, 3.05) is 129 Å². The van der Waals surface area contributed by atoms with E-state index in [1.165, 1.54) is 0 Å². The molecular formula is C24H60MoO4S8. The summed E-state index contributed by atoms with van der Waals surface area (Å²) in [6.07, 6.45) is 34.5. The summed E-state index contributed by atoms with van der Waals surface area (Å²) in [7, 11) is 0.631. The van der Waals surface area contributed by atoms with E-state index in [0.717, 1.165) is 17.5 Å². The molecule has 0 aliphatic carbocycles. The van der Waals surface area contributed by atoms with E-state index in [0.29, 0.717) is 0 Å². The van der Waals surface area contributed by atoms with Crippen LogP contribution in [0, 0.1) is 0 Å². The fourth-order valence-corrected chi connectivity index (χ4v) is 4.00. The first-order chi connectivity index (χ1) is 15.0. The molecule has 0 atom stereocenters. The Balaban J connectivity index is -0.000000122. The second-order valence-electron chi connectivity index (χ2n) is 14.9. The normalized spacial score (nSPS) is 16.0. The molecule has 0 saturated carbocycles. The standard InChI is InChI=1S/4C6H16OS2.Mo/c4*1-7-6(8)9(2,3,4)5;/h4*8H,1-5H3;/q;;;;+4/p-4. The molecule has 0 fully saturated rings. The topological polar surface area (TPSA) is 36.9 Å². The van der Waals surface area contributed by atoms with E-state index in [4.69, 9.17) is 69.5 Å². The van der Waals surface area contributed by atoms with Gasteiger partial charge in [-0.15, -0.1) is 0 Å². The summed E-state index contributed by atoms with van der Waals surface area (Å²) < 4.78 is 23.0. The van der Waals surface area contributed by atoms with Gasteiger partial charge in [0.15, 0.2) is 0 Å². The fraction of sp³-hybridized carbons (Fsp3) is 0.833. The van der Waals surface area contributed by atoms with Crippen molar-refractivity contribution >= 4 is 103 Å². The molecule has 0 aromatic rings. The van der Waals surface area contributed by atoms with Crippen LogP contribution in [0.15, 0.2) is 0 Å². The van der Waals surface area contributed by atoms with E-state index in [1.807, 2.05) is 0 Å². The first kappa shape index (κ1) is 49.5. The van der Waals surface area contributed by atoms with Gasteiger partial charge in [-0.25, -0.2) is 0 Å². The van der Waals surface area contributed by atoms with Gasteiger partial charge in [-0.2, -0.15) is 0 Å². The molecule has 0 aliphatic heterocycles. The van der Waals surface area contributed by atoms with Gasteiger partial charge in [-0.3, -0.25) is 35.0 Å². The van der Waals surface area contributed by atoms with Gasteiger partial charge in [0, 0.05) is 28.4 Å². The summed E-state index contributed by atoms with van der Waals surface area (Å²) in [5, 5.41) is 0. The zero-order valence-corrected chi connectivity index (χ0v) is 35.8. The van der Waals surface area contributed by atoms with Crippen molar-refractivity contribution in [2.24, 2.45) is 0 Å². The van der Waals surface area contributed by atoms with Gasteiger partial charge in [0.25, 0.3) is 0 Å². The molecule has 234 valence electrons. The molecule has 0 spiro atoms. The zero-order chi connectivity index (χ0) is 30.9. The van der Waals surface area contributed by atoms with Gasteiger partial charge in [-0.1, -0.05) is 17.5 Å². The minimum Gasteiger partial charge on any atom is -0.726 e. The Morgan fingerprint density at radius 1 is 0.324 bits per heavy atom. The maximum Gasteiger partial charge on any atom is 4.00 e. The van der Waals surface area contributed by atoms with Gasteiger partial charge in [0.2, 0.25) is 0 Å². The van der Waals surface area contributed by atoms with Gasteiger partial charge in [-0.05, 0) is 100 Å². The number of hydrogen-bond donors (Lipinski definition) is 0. The monoisotopic (exact) mass is 766 g/mol. The van der Waals surface area contributed by atoms with E-state index < -0.39 is 35.0 Å². The smallest absolute Gasteiger partial charge is 0.726 e. The predicted molar refractivity (Wildman–Crippen MR) is 203 cm³/mol. The van der Waals surface area contributed by atoms with Crippen LogP contribution in [0.3, 0.4) is 0 Å². The molecule has 4 nitrogen and oxygen atoms in total. The first-order valence-corrected chi connectivity index (χ1v) is 26.9. The van der Waals surface area contributed by atoms with Gasteiger partial charge in [0.05, 0.1) is 0 Å². The summed E-state index contributed by atoms with van der Waals surface area (Å²) >= 11 is 20.1. The Labute approximate surface area is 269 Å². The van der Waals surface area contributed by atoms with Crippen molar-refractivity contribution in [3.05, 3.63) is 0 Å². The molecule has 0 unspecified atom stereocenters. The Bertz CT molecular complexity index is 783. The second kappa shape index (κ2) is 16.0. The Hall–Kier alpha value is 2.81. The third-order valence-corrected chi connectivity index (χ3v) is 18.0. The molecule has 0 aliphatic rings. The zero-order valence-electron chi connectivity index (χ0n) is 27.3. The van der Waals surface area contributed by atoms with Gasteiger partial charge in [0.1, 0.15) is 0 Å². The summed E-state index contributed by atoms with van der Waals surface area (Å²) in [6.45, 7) is 0. The fourth-order valence-electron chi connectivity index (χ4n) is 1.33. The molecule has 13 heteroatoms. The van der Waals surface area contributed by atoms with Crippen LogP contribution in [0.5, 0.6) is 0 Å². The molecule has 0 amide bonds. The molecule has 0 rings (SSSR count). The van der Waals surface area contributed by atoms with E-state index >= 15 is 0 Å². The Morgan fingerprint density at radius 2 is 0.405 bits per heavy atom. The van der Waals surface area contributed by atoms with Crippen LogP contribution in [0.2, 0.25) is 0 Å². The SMILES string of the molecule is COC([S-])=S(C)(C)(C)C.COC([S-])=S(C)(C)(C)C.COC([S-])=S(C)(C)(C)C.COC([S-])=S(C)(C)(C)C.[Mo+4]. The minimum absolute atomic E-state index is 0. The van der Waals surface area contributed by atoms with Crippen molar-refractivity contribution in [2.45, 2.75) is 0 Å². The number of methoxy groups -OCH3 is 4. The van der Waals surface area contributed by atoms with Crippen LogP contribution in [-0.4, -0.2) is 146 Å². The molecule has 0 aromatic heterocycles. The first-order valence-electron chi connectivity index (χ1n) is 10.6. The molecule has 0 saturated heterocycles. The number of rotatable bonds is 0. The van der Waals surface area contributed by atoms with E-state index in [-0.39, 0.29) is 21.1 Å². The van der Waals surface area contributed by atoms with Crippen LogP contribution < -0.4 is 0 Å². The average molecular weight is 765 g/mol. The van der Waals surface area contributed by atoms with Crippen molar-refractivity contribution in [3.8, 4) is 0 Å². The maximum atomic E-state index is 5.03. The molecular weight excluding hydrogens is 705 g/mol. The predicted octanol–water partition coefficient (Wildman–Crippen LogP) is 4.50. The summed E-state index contributed by atoms with van der Waals surface area (Å²) in [6, 6.07) is 0. The van der Waals surface area contributed by atoms with E-state index in [2.05, 4.69) is 100 Å². The quantitative estimate of drug-likeness (QED) is 0.203. The molecule has 0 bridgehead atoms. The van der Waals surface area contributed by atoms with E-state index in [9.17, 15) is 0 Å². The molecule has 0 heterocycles. The maximum absolute atomic E-state index is 5.03. The second-order valence-corrected chi connectivity index (χ2v) is 45.0. The van der Waals surface area contributed by atoms with Crippen molar-refractivity contribution in [1.82, 2.24) is 0 Å². The van der Waals surface area contributed by atoms with Crippen molar-refractivity contribution in [3.63, 3.8) is 0 Å². The molecule has 0 aromatic carbocycles. The van der Waals surface area contributed by atoms with E-state index in [1.54, 1.807) is 28.4 Å². The van der Waals surface area contributed by atoms with Crippen molar-refractivity contribution in [1.29, 1.82) is 0 Å². The summed E-state index contributed by atoms with van der Waals surface area (Å²) in [4.78, 5) is 0.